The molecule has 128 valence electrons. The summed E-state index contributed by atoms with van der Waals surface area (Å²) in [7, 11) is 4.27. The second kappa shape index (κ2) is 7.26. The van der Waals surface area contributed by atoms with Gasteiger partial charge < -0.3 is 26.4 Å². The number of aromatic nitrogens is 2. The minimum absolute atomic E-state index is 0.561. The van der Waals surface area contributed by atoms with Gasteiger partial charge in [0.25, 0.3) is 0 Å². The summed E-state index contributed by atoms with van der Waals surface area (Å²) >= 11 is 0. The van der Waals surface area contributed by atoms with Crippen LogP contribution in [0.25, 0.3) is 0 Å². The molecule has 2 saturated heterocycles. The second-order valence-electron chi connectivity index (χ2n) is 6.29. The molecule has 3 rings (SSSR count). The van der Waals surface area contributed by atoms with Gasteiger partial charge in [0.1, 0.15) is 12.0 Å². The SMILES string of the molecule is CN1CCN(Nc2ncnc(NN3CCN(C)CC3)c2N)CC1. The maximum atomic E-state index is 6.25. The molecule has 0 aromatic carbocycles. The summed E-state index contributed by atoms with van der Waals surface area (Å²) in [5, 5.41) is 4.30. The zero-order valence-corrected chi connectivity index (χ0v) is 14.0. The third-order valence-electron chi connectivity index (χ3n) is 4.42. The Bertz CT molecular complexity index is 465. The lowest BCUT2D eigenvalue weighted by molar-refractivity contribution is 0.178. The highest BCUT2D eigenvalue weighted by atomic mass is 15.6. The summed E-state index contributed by atoms with van der Waals surface area (Å²) in [6.07, 6.45) is 1.55. The Morgan fingerprint density at radius 2 is 1.17 bits per heavy atom. The van der Waals surface area contributed by atoms with Crippen LogP contribution < -0.4 is 16.6 Å². The molecule has 2 aliphatic rings. The Hall–Kier alpha value is -1.68. The number of likely N-dealkylation sites (N-methyl/N-ethyl adjacent to an activating group) is 2. The Balaban J connectivity index is 1.61. The van der Waals surface area contributed by atoms with Crippen LogP contribution in [0.5, 0.6) is 0 Å². The lowest BCUT2D eigenvalue weighted by atomic mass is 10.4. The van der Waals surface area contributed by atoms with Crippen LogP contribution in [0.2, 0.25) is 0 Å². The van der Waals surface area contributed by atoms with Gasteiger partial charge in [-0.1, -0.05) is 0 Å². The molecular weight excluding hydrogens is 294 g/mol. The van der Waals surface area contributed by atoms with Crippen molar-refractivity contribution in [3.63, 3.8) is 0 Å². The predicted molar refractivity (Wildman–Crippen MR) is 91.8 cm³/mol. The average Bonchev–Trinajstić information content (AvgIpc) is 2.55. The molecule has 9 nitrogen and oxygen atoms in total. The van der Waals surface area contributed by atoms with Crippen LogP contribution in [0.4, 0.5) is 17.3 Å². The Kier molecular flexibility index (Phi) is 5.11. The maximum absolute atomic E-state index is 6.25. The number of rotatable bonds is 4. The minimum atomic E-state index is 0.561. The molecule has 0 saturated carbocycles. The van der Waals surface area contributed by atoms with Crippen molar-refractivity contribution in [2.24, 2.45) is 0 Å². The molecule has 1 aromatic rings. The fraction of sp³-hybridized carbons (Fsp3) is 0.714. The van der Waals surface area contributed by atoms with Crippen molar-refractivity contribution in [3.8, 4) is 0 Å². The summed E-state index contributed by atoms with van der Waals surface area (Å²) < 4.78 is 0. The van der Waals surface area contributed by atoms with E-state index in [9.17, 15) is 0 Å². The Morgan fingerprint density at radius 1 is 0.783 bits per heavy atom. The number of piperazine rings is 2. The number of hydrogen-bond acceptors (Lipinski definition) is 9. The van der Waals surface area contributed by atoms with Crippen LogP contribution in [0.1, 0.15) is 0 Å². The molecule has 23 heavy (non-hydrogen) atoms. The largest absolute Gasteiger partial charge is 0.393 e. The monoisotopic (exact) mass is 321 g/mol. The number of nitrogen functional groups attached to an aromatic ring is 1. The van der Waals surface area contributed by atoms with Crippen LogP contribution in [0.3, 0.4) is 0 Å². The molecule has 0 radical (unpaired) electrons. The number of hydrazine groups is 2. The van der Waals surface area contributed by atoms with Crippen molar-refractivity contribution in [1.82, 2.24) is 29.8 Å². The summed E-state index contributed by atoms with van der Waals surface area (Å²) in [5.41, 5.74) is 13.4. The highest BCUT2D eigenvalue weighted by Crippen LogP contribution is 2.23. The first-order chi connectivity index (χ1) is 11.1. The molecule has 2 fully saturated rings. The quantitative estimate of drug-likeness (QED) is 0.660. The first kappa shape index (κ1) is 16.2. The highest BCUT2D eigenvalue weighted by molar-refractivity contribution is 5.73. The fourth-order valence-electron chi connectivity index (χ4n) is 2.71. The molecule has 3 heterocycles. The van der Waals surface area contributed by atoms with E-state index in [1.807, 2.05) is 0 Å². The summed E-state index contributed by atoms with van der Waals surface area (Å²) in [6.45, 7) is 7.91. The summed E-state index contributed by atoms with van der Waals surface area (Å²) in [6, 6.07) is 0. The van der Waals surface area contributed by atoms with Gasteiger partial charge in [-0.25, -0.2) is 20.0 Å². The topological polar surface area (TPSA) is 88.8 Å². The first-order valence-corrected chi connectivity index (χ1v) is 8.12. The van der Waals surface area contributed by atoms with Crippen molar-refractivity contribution in [2.45, 2.75) is 0 Å². The standard InChI is InChI=1S/C14H27N9/c1-20-3-7-22(8-4-20)18-13-12(15)14(17-11-16-13)19-23-9-5-21(2)6-10-23/h11H,3-10,15H2,1-2H3,(H2,16,17,18,19). The van der Waals surface area contributed by atoms with E-state index in [1.54, 1.807) is 6.33 Å². The molecule has 0 amide bonds. The molecule has 0 aliphatic carbocycles. The molecular formula is C14H27N9. The van der Waals surface area contributed by atoms with Crippen LogP contribution in [-0.4, -0.2) is 96.2 Å². The smallest absolute Gasteiger partial charge is 0.169 e. The lowest BCUT2D eigenvalue weighted by Crippen LogP contribution is -2.47. The van der Waals surface area contributed by atoms with Gasteiger partial charge in [0.05, 0.1) is 0 Å². The van der Waals surface area contributed by atoms with Gasteiger partial charge in [-0.05, 0) is 14.1 Å². The van der Waals surface area contributed by atoms with Crippen LogP contribution >= 0.6 is 0 Å². The summed E-state index contributed by atoms with van der Waals surface area (Å²) in [5.74, 6) is 1.34. The van der Waals surface area contributed by atoms with Gasteiger partial charge in [-0.3, -0.25) is 0 Å². The molecule has 1 aromatic heterocycles. The van der Waals surface area contributed by atoms with E-state index in [-0.39, 0.29) is 0 Å². The van der Waals surface area contributed by atoms with E-state index in [0.29, 0.717) is 17.3 Å². The van der Waals surface area contributed by atoms with Crippen molar-refractivity contribution < 1.29 is 0 Å². The number of nitrogens with two attached hydrogens (primary N) is 1. The Labute approximate surface area is 137 Å². The zero-order chi connectivity index (χ0) is 16.2. The predicted octanol–water partition coefficient (Wildman–Crippen LogP) is -0.793. The molecule has 2 aliphatic heterocycles. The molecule has 9 heteroatoms. The van der Waals surface area contributed by atoms with Crippen molar-refractivity contribution in [3.05, 3.63) is 6.33 Å². The normalized spacial score (nSPS) is 22.2. The van der Waals surface area contributed by atoms with E-state index in [2.05, 4.69) is 54.7 Å². The van der Waals surface area contributed by atoms with E-state index < -0.39 is 0 Å². The van der Waals surface area contributed by atoms with Gasteiger partial charge in [0, 0.05) is 52.4 Å². The second-order valence-corrected chi connectivity index (χ2v) is 6.29. The first-order valence-electron chi connectivity index (χ1n) is 8.12. The molecule has 0 bridgehead atoms. The van der Waals surface area contributed by atoms with Crippen molar-refractivity contribution >= 4 is 17.3 Å². The number of hydrogen-bond donors (Lipinski definition) is 3. The zero-order valence-electron chi connectivity index (χ0n) is 14.0. The van der Waals surface area contributed by atoms with Gasteiger partial charge in [0.2, 0.25) is 0 Å². The van der Waals surface area contributed by atoms with Gasteiger partial charge in [0.15, 0.2) is 11.6 Å². The van der Waals surface area contributed by atoms with Crippen molar-refractivity contribution in [1.29, 1.82) is 0 Å². The molecule has 4 N–H and O–H groups in total. The molecule has 0 unspecified atom stereocenters. The number of nitrogens with zero attached hydrogens (tertiary/aromatic N) is 6. The minimum Gasteiger partial charge on any atom is -0.393 e. The average molecular weight is 321 g/mol. The fourth-order valence-corrected chi connectivity index (χ4v) is 2.71. The van der Waals surface area contributed by atoms with E-state index in [1.165, 1.54) is 0 Å². The highest BCUT2D eigenvalue weighted by Gasteiger charge is 2.18. The van der Waals surface area contributed by atoms with Gasteiger partial charge in [-0.15, -0.1) is 0 Å². The lowest BCUT2D eigenvalue weighted by Gasteiger charge is -2.34. The van der Waals surface area contributed by atoms with E-state index in [4.69, 9.17) is 5.73 Å². The number of anilines is 3. The van der Waals surface area contributed by atoms with E-state index in [0.717, 1.165) is 52.4 Å². The number of nitrogens with one attached hydrogen (secondary N) is 2. The van der Waals surface area contributed by atoms with Crippen LogP contribution in [0.15, 0.2) is 6.33 Å². The van der Waals surface area contributed by atoms with Crippen molar-refractivity contribution in [2.75, 3.05) is 83.0 Å². The summed E-state index contributed by atoms with van der Waals surface area (Å²) in [4.78, 5) is 13.2. The van der Waals surface area contributed by atoms with Crippen LogP contribution in [-0.2, 0) is 0 Å². The van der Waals surface area contributed by atoms with Gasteiger partial charge in [-0.2, -0.15) is 0 Å². The van der Waals surface area contributed by atoms with E-state index >= 15 is 0 Å². The third-order valence-corrected chi connectivity index (χ3v) is 4.42. The third kappa shape index (κ3) is 4.20. The Morgan fingerprint density at radius 3 is 1.57 bits per heavy atom. The van der Waals surface area contributed by atoms with Crippen LogP contribution in [0, 0.1) is 0 Å². The molecule has 0 atom stereocenters. The maximum Gasteiger partial charge on any atom is 0.169 e. The molecule has 0 spiro atoms. The van der Waals surface area contributed by atoms with Gasteiger partial charge >= 0.3 is 0 Å².